The van der Waals surface area contributed by atoms with E-state index in [0.717, 1.165) is 22.4 Å². The predicted octanol–water partition coefficient (Wildman–Crippen LogP) is 3.05. The van der Waals surface area contributed by atoms with Crippen molar-refractivity contribution in [2.24, 2.45) is 0 Å². The average molecular weight is 255 g/mol. The van der Waals surface area contributed by atoms with Crippen molar-refractivity contribution >= 4 is 11.7 Å². The van der Waals surface area contributed by atoms with Gasteiger partial charge in [-0.2, -0.15) is 0 Å². The first-order chi connectivity index (χ1) is 9.06. The maximum atomic E-state index is 10.7. The molecular weight excluding hydrogens is 238 g/mol. The zero-order chi connectivity index (χ0) is 13.8. The fourth-order valence-electron chi connectivity index (χ4n) is 1.99. The summed E-state index contributed by atoms with van der Waals surface area (Å²) in [4.78, 5) is 12.8. The summed E-state index contributed by atoms with van der Waals surface area (Å²) in [5, 5.41) is 8.82. The molecular formula is C16H17NO2. The molecule has 98 valence electrons. The van der Waals surface area contributed by atoms with Crippen molar-refractivity contribution in [3.05, 3.63) is 54.1 Å². The Hall–Kier alpha value is -2.29. The first kappa shape index (κ1) is 13.1. The summed E-state index contributed by atoms with van der Waals surface area (Å²) < 4.78 is 0. The Morgan fingerprint density at radius 3 is 2.32 bits per heavy atom. The van der Waals surface area contributed by atoms with Gasteiger partial charge in [-0.05, 0) is 28.8 Å². The van der Waals surface area contributed by atoms with Gasteiger partial charge in [0.05, 0.1) is 6.42 Å². The molecule has 0 aromatic heterocycles. The highest BCUT2D eigenvalue weighted by atomic mass is 16.4. The molecule has 0 bridgehead atoms. The highest BCUT2D eigenvalue weighted by Gasteiger charge is 2.03. The standard InChI is InChI=1S/C16H17NO2/c1-17(2)15-8-6-13(7-9-15)14-5-3-4-12(10-14)11-16(18)19/h3-10H,11H2,1-2H3,(H,18,19). The quantitative estimate of drug-likeness (QED) is 0.912. The van der Waals surface area contributed by atoms with Crippen molar-refractivity contribution < 1.29 is 9.90 Å². The van der Waals surface area contributed by atoms with Crippen molar-refractivity contribution in [2.45, 2.75) is 6.42 Å². The molecule has 0 radical (unpaired) electrons. The largest absolute Gasteiger partial charge is 0.481 e. The first-order valence-electron chi connectivity index (χ1n) is 6.15. The van der Waals surface area contributed by atoms with Crippen molar-refractivity contribution in [2.75, 3.05) is 19.0 Å². The van der Waals surface area contributed by atoms with E-state index in [0.29, 0.717) is 0 Å². The Morgan fingerprint density at radius 2 is 1.74 bits per heavy atom. The molecule has 0 saturated heterocycles. The Bertz CT molecular complexity index is 574. The second-order valence-corrected chi connectivity index (χ2v) is 4.71. The van der Waals surface area contributed by atoms with Gasteiger partial charge in [0, 0.05) is 19.8 Å². The van der Waals surface area contributed by atoms with Crippen LogP contribution in [0.15, 0.2) is 48.5 Å². The molecule has 2 rings (SSSR count). The van der Waals surface area contributed by atoms with Gasteiger partial charge >= 0.3 is 5.97 Å². The molecule has 3 nitrogen and oxygen atoms in total. The maximum absolute atomic E-state index is 10.7. The van der Waals surface area contributed by atoms with Gasteiger partial charge < -0.3 is 10.0 Å². The van der Waals surface area contributed by atoms with E-state index >= 15 is 0 Å². The van der Waals surface area contributed by atoms with Crippen LogP contribution in [0.3, 0.4) is 0 Å². The van der Waals surface area contributed by atoms with E-state index in [9.17, 15) is 4.79 Å². The smallest absolute Gasteiger partial charge is 0.307 e. The zero-order valence-electron chi connectivity index (χ0n) is 11.1. The highest BCUT2D eigenvalue weighted by Crippen LogP contribution is 2.23. The van der Waals surface area contributed by atoms with E-state index < -0.39 is 5.97 Å². The molecule has 0 fully saturated rings. The molecule has 1 N–H and O–H groups in total. The summed E-state index contributed by atoms with van der Waals surface area (Å²) >= 11 is 0. The molecule has 19 heavy (non-hydrogen) atoms. The van der Waals surface area contributed by atoms with Crippen molar-refractivity contribution in [1.29, 1.82) is 0 Å². The maximum Gasteiger partial charge on any atom is 0.307 e. The molecule has 0 aliphatic carbocycles. The number of rotatable bonds is 4. The number of anilines is 1. The first-order valence-corrected chi connectivity index (χ1v) is 6.15. The molecule has 0 aliphatic rings. The Balaban J connectivity index is 2.28. The van der Waals surface area contributed by atoms with Crippen LogP contribution in [0.1, 0.15) is 5.56 Å². The number of hydrogen-bond donors (Lipinski definition) is 1. The molecule has 2 aromatic carbocycles. The lowest BCUT2D eigenvalue weighted by Crippen LogP contribution is -2.07. The molecule has 0 amide bonds. The number of carboxylic acids is 1. The minimum atomic E-state index is -0.805. The van der Waals surface area contributed by atoms with Crippen molar-refractivity contribution in [3.8, 4) is 11.1 Å². The molecule has 0 atom stereocenters. The van der Waals surface area contributed by atoms with Gasteiger partial charge in [0.1, 0.15) is 0 Å². The fourth-order valence-corrected chi connectivity index (χ4v) is 1.99. The van der Waals surface area contributed by atoms with E-state index in [1.807, 2.05) is 43.3 Å². The highest BCUT2D eigenvalue weighted by molar-refractivity contribution is 5.72. The van der Waals surface area contributed by atoms with Crippen LogP contribution in [0.2, 0.25) is 0 Å². The average Bonchev–Trinajstić information content (AvgIpc) is 2.38. The van der Waals surface area contributed by atoms with Gasteiger partial charge in [-0.1, -0.05) is 36.4 Å². The summed E-state index contributed by atoms with van der Waals surface area (Å²) in [6, 6.07) is 15.9. The van der Waals surface area contributed by atoms with Gasteiger partial charge in [0.25, 0.3) is 0 Å². The summed E-state index contributed by atoms with van der Waals surface area (Å²) in [5.74, 6) is -0.805. The fraction of sp³-hybridized carbons (Fsp3) is 0.188. The van der Waals surface area contributed by atoms with E-state index in [1.54, 1.807) is 0 Å². The second kappa shape index (κ2) is 5.57. The summed E-state index contributed by atoms with van der Waals surface area (Å²) in [6.07, 6.45) is 0.0591. The van der Waals surface area contributed by atoms with Gasteiger partial charge in [-0.15, -0.1) is 0 Å². The third-order valence-electron chi connectivity index (χ3n) is 3.00. The number of hydrogen-bond acceptors (Lipinski definition) is 2. The van der Waals surface area contributed by atoms with E-state index in [1.165, 1.54) is 0 Å². The number of nitrogens with zero attached hydrogens (tertiary/aromatic N) is 1. The van der Waals surface area contributed by atoms with E-state index in [4.69, 9.17) is 5.11 Å². The molecule has 0 unspecified atom stereocenters. The third kappa shape index (κ3) is 3.35. The molecule has 2 aromatic rings. The van der Waals surface area contributed by atoms with E-state index in [2.05, 4.69) is 24.3 Å². The summed E-state index contributed by atoms with van der Waals surface area (Å²) in [5.41, 5.74) is 4.11. The lowest BCUT2D eigenvalue weighted by Gasteiger charge is -2.13. The topological polar surface area (TPSA) is 40.5 Å². The van der Waals surface area contributed by atoms with Gasteiger partial charge in [-0.3, -0.25) is 4.79 Å². The third-order valence-corrected chi connectivity index (χ3v) is 3.00. The second-order valence-electron chi connectivity index (χ2n) is 4.71. The lowest BCUT2D eigenvalue weighted by atomic mass is 10.0. The number of benzene rings is 2. The van der Waals surface area contributed by atoms with Crippen molar-refractivity contribution in [1.82, 2.24) is 0 Å². The molecule has 3 heteroatoms. The van der Waals surface area contributed by atoms with Crippen LogP contribution in [-0.2, 0) is 11.2 Å². The normalized spacial score (nSPS) is 10.2. The van der Waals surface area contributed by atoms with Crippen LogP contribution in [0, 0.1) is 0 Å². The minimum absolute atomic E-state index is 0.0591. The summed E-state index contributed by atoms with van der Waals surface area (Å²) in [6.45, 7) is 0. The van der Waals surface area contributed by atoms with Gasteiger partial charge in [0.2, 0.25) is 0 Å². The zero-order valence-corrected chi connectivity index (χ0v) is 11.1. The monoisotopic (exact) mass is 255 g/mol. The Labute approximate surface area is 113 Å². The Morgan fingerprint density at radius 1 is 1.05 bits per heavy atom. The van der Waals surface area contributed by atoms with Crippen LogP contribution >= 0.6 is 0 Å². The number of carbonyl (C=O) groups is 1. The Kier molecular flexibility index (Phi) is 3.85. The molecule has 0 aliphatic heterocycles. The number of carboxylic acid groups (broad SMARTS) is 1. The SMILES string of the molecule is CN(C)c1ccc(-c2cccc(CC(=O)O)c2)cc1. The summed E-state index contributed by atoms with van der Waals surface area (Å²) in [7, 11) is 4.00. The van der Waals surface area contributed by atoms with E-state index in [-0.39, 0.29) is 6.42 Å². The van der Waals surface area contributed by atoms with Crippen LogP contribution in [0.25, 0.3) is 11.1 Å². The molecule has 0 heterocycles. The molecule has 0 spiro atoms. The van der Waals surface area contributed by atoms with Gasteiger partial charge in [-0.25, -0.2) is 0 Å². The molecule has 0 saturated carbocycles. The minimum Gasteiger partial charge on any atom is -0.481 e. The van der Waals surface area contributed by atoms with Crippen molar-refractivity contribution in [3.63, 3.8) is 0 Å². The van der Waals surface area contributed by atoms with Crippen LogP contribution in [0.4, 0.5) is 5.69 Å². The predicted molar refractivity (Wildman–Crippen MR) is 77.5 cm³/mol. The van der Waals surface area contributed by atoms with Gasteiger partial charge in [0.15, 0.2) is 0 Å². The number of aliphatic carboxylic acids is 1. The lowest BCUT2D eigenvalue weighted by molar-refractivity contribution is -0.136. The van der Waals surface area contributed by atoms with Crippen LogP contribution in [0.5, 0.6) is 0 Å². The van der Waals surface area contributed by atoms with Crippen LogP contribution < -0.4 is 4.90 Å². The van der Waals surface area contributed by atoms with Crippen LogP contribution in [-0.4, -0.2) is 25.2 Å².